The van der Waals surface area contributed by atoms with Crippen LogP contribution in [0.15, 0.2) is 35.7 Å². The lowest BCUT2D eigenvalue weighted by Gasteiger charge is -2.27. The van der Waals surface area contributed by atoms with E-state index >= 15 is 0 Å². The number of nitrogens with zero attached hydrogens (tertiary/aromatic N) is 1. The number of rotatable bonds is 4. The first kappa shape index (κ1) is 13.8. The predicted octanol–water partition coefficient (Wildman–Crippen LogP) is 3.37. The molecule has 1 aromatic carbocycles. The van der Waals surface area contributed by atoms with Crippen molar-refractivity contribution >= 4 is 11.3 Å². The maximum atomic E-state index is 5.72. The zero-order valence-corrected chi connectivity index (χ0v) is 12.8. The third-order valence-electron chi connectivity index (χ3n) is 4.20. The van der Waals surface area contributed by atoms with E-state index < -0.39 is 0 Å². The van der Waals surface area contributed by atoms with Crippen LogP contribution in [0.25, 0.3) is 0 Å². The minimum Gasteiger partial charge on any atom is -0.330 e. The van der Waals surface area contributed by atoms with Crippen LogP contribution in [0.4, 0.5) is 0 Å². The molecule has 0 amide bonds. The third-order valence-corrected chi connectivity index (χ3v) is 5.22. The van der Waals surface area contributed by atoms with Crippen LogP contribution in [0, 0.1) is 0 Å². The van der Waals surface area contributed by atoms with Gasteiger partial charge in [-0.3, -0.25) is 4.90 Å². The molecule has 2 nitrogen and oxygen atoms in total. The first-order chi connectivity index (χ1) is 9.76. The van der Waals surface area contributed by atoms with E-state index in [9.17, 15) is 0 Å². The number of nitrogens with two attached hydrogens (primary N) is 1. The summed E-state index contributed by atoms with van der Waals surface area (Å²) in [6, 6.07) is 11.2. The molecule has 2 aromatic rings. The smallest absolute Gasteiger partial charge is 0.0248 e. The molecule has 2 heterocycles. The Morgan fingerprint density at radius 1 is 1.25 bits per heavy atom. The highest BCUT2D eigenvalue weighted by Gasteiger charge is 2.17. The van der Waals surface area contributed by atoms with Crippen LogP contribution < -0.4 is 5.73 Å². The second-order valence-electron chi connectivity index (χ2n) is 5.71. The topological polar surface area (TPSA) is 29.3 Å². The van der Waals surface area contributed by atoms with Gasteiger partial charge in [-0.1, -0.05) is 31.2 Å². The molecule has 1 aromatic heterocycles. The van der Waals surface area contributed by atoms with E-state index in [4.69, 9.17) is 5.73 Å². The largest absolute Gasteiger partial charge is 0.330 e. The SMILES string of the molecule is CC(CN)c1ccc(CN2CCc3sccc3C2)cc1. The fraction of sp³-hybridized carbons (Fsp3) is 0.412. The highest BCUT2D eigenvalue weighted by molar-refractivity contribution is 7.10. The van der Waals surface area contributed by atoms with Gasteiger partial charge in [0, 0.05) is 24.5 Å². The molecule has 1 unspecified atom stereocenters. The van der Waals surface area contributed by atoms with Crippen molar-refractivity contribution in [2.24, 2.45) is 5.73 Å². The van der Waals surface area contributed by atoms with Crippen molar-refractivity contribution in [2.45, 2.75) is 32.4 Å². The van der Waals surface area contributed by atoms with E-state index in [0.717, 1.165) is 13.1 Å². The monoisotopic (exact) mass is 286 g/mol. The Hall–Kier alpha value is -1.16. The summed E-state index contributed by atoms with van der Waals surface area (Å²) < 4.78 is 0. The molecule has 0 bridgehead atoms. The zero-order chi connectivity index (χ0) is 13.9. The lowest BCUT2D eigenvalue weighted by atomic mass is 10.00. The molecule has 3 rings (SSSR count). The highest BCUT2D eigenvalue weighted by atomic mass is 32.1. The summed E-state index contributed by atoms with van der Waals surface area (Å²) in [5.41, 5.74) is 9.98. The number of benzene rings is 1. The van der Waals surface area contributed by atoms with Crippen molar-refractivity contribution in [3.63, 3.8) is 0 Å². The molecular formula is C17H22N2S. The highest BCUT2D eigenvalue weighted by Crippen LogP contribution is 2.25. The van der Waals surface area contributed by atoms with Crippen LogP contribution in [0.1, 0.15) is 34.4 Å². The van der Waals surface area contributed by atoms with Crippen molar-refractivity contribution in [1.82, 2.24) is 4.90 Å². The van der Waals surface area contributed by atoms with Gasteiger partial charge in [0.05, 0.1) is 0 Å². The lowest BCUT2D eigenvalue weighted by molar-refractivity contribution is 0.247. The Labute approximate surface area is 125 Å². The number of fused-ring (bicyclic) bond motifs is 1. The van der Waals surface area contributed by atoms with Gasteiger partial charge >= 0.3 is 0 Å². The van der Waals surface area contributed by atoms with Gasteiger partial charge < -0.3 is 5.73 Å². The Kier molecular flexibility index (Phi) is 4.20. The van der Waals surface area contributed by atoms with E-state index in [0.29, 0.717) is 12.5 Å². The molecule has 0 saturated carbocycles. The minimum atomic E-state index is 0.451. The molecule has 1 atom stereocenters. The molecule has 0 spiro atoms. The Morgan fingerprint density at radius 3 is 2.80 bits per heavy atom. The van der Waals surface area contributed by atoms with E-state index in [-0.39, 0.29) is 0 Å². The number of hydrogen-bond acceptors (Lipinski definition) is 3. The Morgan fingerprint density at radius 2 is 2.05 bits per heavy atom. The van der Waals surface area contributed by atoms with Gasteiger partial charge in [-0.05, 0) is 47.0 Å². The van der Waals surface area contributed by atoms with E-state index in [1.54, 1.807) is 4.88 Å². The first-order valence-corrected chi connectivity index (χ1v) is 8.20. The average Bonchev–Trinajstić information content (AvgIpc) is 2.95. The van der Waals surface area contributed by atoms with E-state index in [1.807, 2.05) is 11.3 Å². The summed E-state index contributed by atoms with van der Waals surface area (Å²) >= 11 is 1.90. The Bertz CT molecular complexity index is 559. The van der Waals surface area contributed by atoms with Crippen molar-refractivity contribution in [2.75, 3.05) is 13.1 Å². The fourth-order valence-corrected chi connectivity index (χ4v) is 3.68. The molecule has 1 aliphatic rings. The van der Waals surface area contributed by atoms with Crippen LogP contribution in [-0.4, -0.2) is 18.0 Å². The molecule has 0 fully saturated rings. The normalized spacial score (nSPS) is 16.9. The van der Waals surface area contributed by atoms with E-state index in [1.165, 1.54) is 29.7 Å². The molecule has 0 aliphatic carbocycles. The summed E-state index contributed by atoms with van der Waals surface area (Å²) in [6.45, 7) is 6.21. The maximum absolute atomic E-state index is 5.72. The van der Waals surface area contributed by atoms with Crippen molar-refractivity contribution in [3.05, 3.63) is 57.3 Å². The maximum Gasteiger partial charge on any atom is 0.0248 e. The second kappa shape index (κ2) is 6.08. The lowest BCUT2D eigenvalue weighted by Crippen LogP contribution is -2.29. The van der Waals surface area contributed by atoms with Crippen LogP contribution in [-0.2, 0) is 19.5 Å². The molecule has 2 N–H and O–H groups in total. The van der Waals surface area contributed by atoms with Crippen molar-refractivity contribution in [1.29, 1.82) is 0 Å². The molecule has 106 valence electrons. The van der Waals surface area contributed by atoms with Gasteiger partial charge in [-0.25, -0.2) is 0 Å². The average molecular weight is 286 g/mol. The van der Waals surface area contributed by atoms with Gasteiger partial charge in [0.25, 0.3) is 0 Å². The number of hydrogen-bond donors (Lipinski definition) is 1. The molecule has 20 heavy (non-hydrogen) atoms. The third kappa shape index (κ3) is 2.95. The van der Waals surface area contributed by atoms with Crippen LogP contribution in [0.5, 0.6) is 0 Å². The summed E-state index contributed by atoms with van der Waals surface area (Å²) in [6.07, 6.45) is 1.20. The van der Waals surface area contributed by atoms with E-state index in [2.05, 4.69) is 47.5 Å². The first-order valence-electron chi connectivity index (χ1n) is 7.33. The summed E-state index contributed by atoms with van der Waals surface area (Å²) in [4.78, 5) is 4.12. The van der Waals surface area contributed by atoms with Crippen molar-refractivity contribution < 1.29 is 0 Å². The molecule has 1 aliphatic heterocycles. The molecule has 0 saturated heterocycles. The van der Waals surface area contributed by atoms with Crippen LogP contribution in [0.3, 0.4) is 0 Å². The fourth-order valence-electron chi connectivity index (χ4n) is 2.79. The van der Waals surface area contributed by atoms with Crippen molar-refractivity contribution in [3.8, 4) is 0 Å². The van der Waals surface area contributed by atoms with Crippen LogP contribution in [0.2, 0.25) is 0 Å². The quantitative estimate of drug-likeness (QED) is 0.933. The van der Waals surface area contributed by atoms with Gasteiger partial charge in [0.2, 0.25) is 0 Å². The van der Waals surface area contributed by atoms with Gasteiger partial charge in [-0.2, -0.15) is 0 Å². The number of thiophene rings is 1. The van der Waals surface area contributed by atoms with Gasteiger partial charge in [0.15, 0.2) is 0 Å². The van der Waals surface area contributed by atoms with Gasteiger partial charge in [0.1, 0.15) is 0 Å². The van der Waals surface area contributed by atoms with Crippen LogP contribution >= 0.6 is 11.3 Å². The summed E-state index contributed by atoms with van der Waals surface area (Å²) in [5, 5.41) is 2.22. The molecule has 0 radical (unpaired) electrons. The summed E-state index contributed by atoms with van der Waals surface area (Å²) in [5.74, 6) is 0.451. The molecular weight excluding hydrogens is 264 g/mol. The minimum absolute atomic E-state index is 0.451. The summed E-state index contributed by atoms with van der Waals surface area (Å²) in [7, 11) is 0. The van der Waals surface area contributed by atoms with Gasteiger partial charge in [-0.15, -0.1) is 11.3 Å². The Balaban J connectivity index is 1.64. The zero-order valence-electron chi connectivity index (χ0n) is 12.0. The standard InChI is InChI=1S/C17H22N2S/c1-13(10-18)15-4-2-14(3-5-15)11-19-8-6-17-16(12-19)7-9-20-17/h2-5,7,9,13H,6,8,10-12,18H2,1H3. The second-order valence-corrected chi connectivity index (χ2v) is 6.71. The molecule has 3 heteroatoms. The predicted molar refractivity (Wildman–Crippen MR) is 86.0 cm³/mol.